The van der Waals surface area contributed by atoms with Gasteiger partial charge in [-0.2, -0.15) is 0 Å². The average Bonchev–Trinajstić information content (AvgIpc) is 1.12. The summed E-state index contributed by atoms with van der Waals surface area (Å²) in [6, 6.07) is 0. The van der Waals surface area contributed by atoms with Crippen LogP contribution in [0.25, 0.3) is 0 Å². The summed E-state index contributed by atoms with van der Waals surface area (Å²) in [5.41, 5.74) is 0. The van der Waals surface area contributed by atoms with E-state index in [0.29, 0.717) is 0 Å². The molecule has 0 aliphatic heterocycles. The SMILES string of the molecule is O=S(=O)([O-])[O-].[Fe+6].[O-][Si]([O-])([O-])[O-]. The van der Waals surface area contributed by atoms with Crippen LogP contribution in [0.1, 0.15) is 0 Å². The first kappa shape index (κ1) is 17.5. The van der Waals surface area contributed by atoms with Crippen molar-refractivity contribution in [3.8, 4) is 0 Å². The van der Waals surface area contributed by atoms with Gasteiger partial charge in [0.1, 0.15) is 0 Å². The molecule has 11 heteroatoms. The summed E-state index contributed by atoms with van der Waals surface area (Å²) < 4.78 is 34.1. The van der Waals surface area contributed by atoms with E-state index in [-0.39, 0.29) is 17.1 Å². The summed E-state index contributed by atoms with van der Waals surface area (Å²) in [5.74, 6) is 0. The Morgan fingerprint density at radius 1 is 0.909 bits per heavy atom. The minimum atomic E-state index is -5.61. The first-order chi connectivity index (χ1) is 4.00. The van der Waals surface area contributed by atoms with E-state index in [1.54, 1.807) is 0 Å². The molecule has 0 aromatic rings. The van der Waals surface area contributed by atoms with Gasteiger partial charge in [-0.1, -0.05) is 0 Å². The normalized spacial score (nSPS) is 10.7. The van der Waals surface area contributed by atoms with Crippen LogP contribution >= 0.6 is 0 Å². The number of rotatable bonds is 0. The quantitative estimate of drug-likeness (QED) is 0.229. The summed E-state index contributed by atoms with van der Waals surface area (Å²) in [4.78, 5) is 34.3. The van der Waals surface area contributed by atoms with Crippen molar-refractivity contribution in [2.45, 2.75) is 0 Å². The van der Waals surface area contributed by atoms with Gasteiger partial charge < -0.3 is 37.3 Å². The standard InChI is InChI=1S/Fe.H2O4S.O4Si/c;2*1-5(2,3)4/h;(H2,1,2,3,4);/q+6;;-4/p-2. The van der Waals surface area contributed by atoms with Gasteiger partial charge in [0.25, 0.3) is 0 Å². The molecule has 11 heavy (non-hydrogen) atoms. The third kappa shape index (κ3) is 3740. The molecule has 0 saturated carbocycles. The van der Waals surface area contributed by atoms with Crippen molar-refractivity contribution in [2.24, 2.45) is 0 Å². The van der Waals surface area contributed by atoms with Crippen LogP contribution in [-0.2, 0) is 27.5 Å². The van der Waals surface area contributed by atoms with Crippen molar-refractivity contribution in [3.63, 3.8) is 0 Å². The average molecular weight is 244 g/mol. The Balaban J connectivity index is -0.000000107. The topological polar surface area (TPSA) is 172 Å². The Bertz CT molecular complexity index is 149. The molecule has 0 saturated heterocycles. The van der Waals surface area contributed by atoms with Crippen LogP contribution in [0, 0.1) is 0 Å². The van der Waals surface area contributed by atoms with Gasteiger partial charge in [-0.25, -0.2) is 0 Å². The van der Waals surface area contributed by atoms with Crippen molar-refractivity contribution >= 4 is 19.4 Å². The molecule has 0 aliphatic rings. The van der Waals surface area contributed by atoms with Crippen LogP contribution in [0.5, 0.6) is 0 Å². The zero-order chi connectivity index (χ0) is 9.00. The second kappa shape index (κ2) is 6.02. The molecule has 0 atom stereocenters. The summed E-state index contributed by atoms with van der Waals surface area (Å²) in [5, 5.41) is 0. The maximum absolute atomic E-state index is 8.58. The molecule has 0 rings (SSSR count). The summed E-state index contributed by atoms with van der Waals surface area (Å²) in [6.45, 7) is 0. The molecule has 0 bridgehead atoms. The van der Waals surface area contributed by atoms with E-state index in [4.69, 9.17) is 36.7 Å². The van der Waals surface area contributed by atoms with Gasteiger partial charge in [-0.05, 0) is 0 Å². The molecule has 0 aromatic heterocycles. The van der Waals surface area contributed by atoms with E-state index in [9.17, 15) is 0 Å². The minimum Gasteiger partial charge on any atom is -0.894 e. The molecule has 0 unspecified atom stereocenters. The molecule has 0 N–H and O–H groups in total. The summed E-state index contributed by atoms with van der Waals surface area (Å²) >= 11 is 0. The molecule has 0 aliphatic carbocycles. The first-order valence-corrected chi connectivity index (χ1v) is 4.45. The van der Waals surface area contributed by atoms with Crippen molar-refractivity contribution < 1.29 is 53.8 Å². The Labute approximate surface area is 73.7 Å². The van der Waals surface area contributed by atoms with Gasteiger partial charge in [-0.3, -0.25) is 8.42 Å². The fourth-order valence-electron chi connectivity index (χ4n) is 0. The van der Waals surface area contributed by atoms with Gasteiger partial charge in [0.2, 0.25) is 0 Å². The van der Waals surface area contributed by atoms with Crippen LogP contribution in [0.3, 0.4) is 0 Å². The van der Waals surface area contributed by atoms with Gasteiger partial charge in [0.15, 0.2) is 0 Å². The molecular weight excluding hydrogens is 244 g/mol. The van der Waals surface area contributed by atoms with Crippen LogP contribution in [0.15, 0.2) is 0 Å². The third-order valence-electron chi connectivity index (χ3n) is 0. The van der Waals surface area contributed by atoms with Gasteiger partial charge in [0, 0.05) is 10.4 Å². The molecule has 0 radical (unpaired) electrons. The van der Waals surface area contributed by atoms with Crippen LogP contribution in [0.4, 0.5) is 0 Å². The predicted octanol–water partition coefficient (Wildman–Crippen LogP) is -6.48. The number of hydrogen-bond acceptors (Lipinski definition) is 8. The molecule has 0 aromatic carbocycles. The molecule has 0 amide bonds. The Hall–Kier alpha value is 0.446. The fourth-order valence-corrected chi connectivity index (χ4v) is 0. The number of hydrogen-bond donors (Lipinski definition) is 0. The van der Waals surface area contributed by atoms with E-state index in [2.05, 4.69) is 0 Å². The van der Waals surface area contributed by atoms with E-state index in [1.807, 2.05) is 0 Å². The summed E-state index contributed by atoms with van der Waals surface area (Å²) in [6.07, 6.45) is 0. The van der Waals surface area contributed by atoms with Crippen molar-refractivity contribution in [2.75, 3.05) is 0 Å². The Morgan fingerprint density at radius 2 is 0.909 bits per heavy atom. The van der Waals surface area contributed by atoms with E-state index < -0.39 is 19.4 Å². The maximum atomic E-state index is 8.58. The molecule has 0 spiro atoms. The smallest absolute Gasteiger partial charge is 0.894 e. The fraction of sp³-hybridized carbons (Fsp3) is 0. The largest absolute Gasteiger partial charge is 6.00 e. The second-order valence-electron chi connectivity index (χ2n) is 0.908. The van der Waals surface area contributed by atoms with E-state index in [0.717, 1.165) is 0 Å². The van der Waals surface area contributed by atoms with Crippen molar-refractivity contribution in [3.05, 3.63) is 0 Å². The van der Waals surface area contributed by atoms with Crippen LogP contribution < -0.4 is 19.2 Å². The zero-order valence-corrected chi connectivity index (χ0v) is 7.45. The van der Waals surface area contributed by atoms with Crippen molar-refractivity contribution in [1.29, 1.82) is 0 Å². The Kier molecular flexibility index (Phi) is 9.58. The maximum Gasteiger partial charge on any atom is 6.00 e. The molecule has 8 nitrogen and oxygen atoms in total. The van der Waals surface area contributed by atoms with Gasteiger partial charge >= 0.3 is 17.1 Å². The van der Waals surface area contributed by atoms with Crippen molar-refractivity contribution in [1.82, 2.24) is 0 Å². The summed E-state index contributed by atoms with van der Waals surface area (Å²) in [7, 11) is -10.8. The van der Waals surface area contributed by atoms with E-state index >= 15 is 0 Å². The first-order valence-electron chi connectivity index (χ1n) is 1.48. The van der Waals surface area contributed by atoms with Crippen LogP contribution in [0.2, 0.25) is 0 Å². The second-order valence-corrected chi connectivity index (χ2v) is 2.72. The van der Waals surface area contributed by atoms with Gasteiger partial charge in [-0.15, -0.1) is 0 Å². The molecule has 0 heterocycles. The van der Waals surface area contributed by atoms with Crippen LogP contribution in [-0.4, -0.2) is 26.6 Å². The van der Waals surface area contributed by atoms with Gasteiger partial charge in [0.05, 0.1) is 0 Å². The molecule has 66 valence electrons. The zero-order valence-electron chi connectivity index (χ0n) is 4.53. The Morgan fingerprint density at radius 3 is 0.909 bits per heavy atom. The monoisotopic (exact) mass is 244 g/mol. The predicted molar refractivity (Wildman–Crippen MR) is 16.2 cm³/mol. The molecule has 0 fully saturated rings. The minimum absolute atomic E-state index is 0. The van der Waals surface area contributed by atoms with E-state index in [1.165, 1.54) is 0 Å². The third-order valence-corrected chi connectivity index (χ3v) is 0. The molecular formula is FeO8SSi.